The van der Waals surface area contributed by atoms with Crippen molar-refractivity contribution in [1.82, 2.24) is 4.98 Å². The molecule has 0 saturated carbocycles. The normalized spacial score (nSPS) is 16.0. The summed E-state index contributed by atoms with van der Waals surface area (Å²) in [5.41, 5.74) is 1.47. The number of hydrogen-bond donors (Lipinski definition) is 0. The maximum Gasteiger partial charge on any atom is 0.264 e. The monoisotopic (exact) mass is 460 g/mol. The molecule has 10 heteroatoms. The summed E-state index contributed by atoms with van der Waals surface area (Å²) < 4.78 is 59.5. The largest absolute Gasteiger partial charge is 0.464 e. The molecule has 0 radical (unpaired) electrons. The summed E-state index contributed by atoms with van der Waals surface area (Å²) >= 11 is 1.41. The smallest absolute Gasteiger partial charge is 0.264 e. The van der Waals surface area contributed by atoms with Crippen LogP contribution >= 0.6 is 11.3 Å². The van der Waals surface area contributed by atoms with Gasteiger partial charge in [0.1, 0.15) is 5.76 Å². The number of furan rings is 1. The molecule has 1 aliphatic heterocycles. The van der Waals surface area contributed by atoms with Crippen LogP contribution in [-0.2, 0) is 19.9 Å². The standard InChI is InChI=1S/C20H16N2O5S3/c1-13-21-16-6-5-15(12-19(16)28-13)30(25,26)22-8-10-29(23,24)20-7-4-14(11-17(20)22)18-3-2-9-27-18/h2-7,9,11-12H,8,10H2,1H3. The van der Waals surface area contributed by atoms with Gasteiger partial charge in [0.05, 0.1) is 42.7 Å². The SMILES string of the molecule is Cc1nc2ccc(S(=O)(=O)N3CCS(=O)(=O)c4ccc(-c5ccco5)cc43)cc2s1. The number of sulfonamides is 1. The molecule has 2 aromatic carbocycles. The summed E-state index contributed by atoms with van der Waals surface area (Å²) in [6, 6.07) is 12.8. The third kappa shape index (κ3) is 3.03. The molecule has 0 fully saturated rings. The summed E-state index contributed by atoms with van der Waals surface area (Å²) in [7, 11) is -7.56. The molecule has 0 unspecified atom stereocenters. The van der Waals surface area contributed by atoms with E-state index in [1.54, 1.807) is 36.4 Å². The van der Waals surface area contributed by atoms with Crippen molar-refractivity contribution in [3.63, 3.8) is 0 Å². The van der Waals surface area contributed by atoms with E-state index in [2.05, 4.69) is 4.98 Å². The number of rotatable bonds is 3. The van der Waals surface area contributed by atoms with E-state index in [9.17, 15) is 16.8 Å². The van der Waals surface area contributed by atoms with Crippen molar-refractivity contribution < 1.29 is 21.3 Å². The molecule has 0 saturated heterocycles. The number of thiazole rings is 1. The van der Waals surface area contributed by atoms with Crippen LogP contribution in [0.5, 0.6) is 0 Å². The van der Waals surface area contributed by atoms with Crippen LogP contribution in [0.25, 0.3) is 21.5 Å². The van der Waals surface area contributed by atoms with Gasteiger partial charge in [-0.15, -0.1) is 11.3 Å². The van der Waals surface area contributed by atoms with E-state index in [1.165, 1.54) is 34.0 Å². The Labute approximate surface area is 177 Å². The fourth-order valence-electron chi connectivity index (χ4n) is 3.56. The maximum atomic E-state index is 13.5. The minimum Gasteiger partial charge on any atom is -0.464 e. The minimum atomic E-state index is -3.98. The molecule has 30 heavy (non-hydrogen) atoms. The average Bonchev–Trinajstić information content (AvgIpc) is 3.35. The number of hydrogen-bond acceptors (Lipinski definition) is 7. The average molecular weight is 461 g/mol. The molecule has 0 spiro atoms. The first-order valence-electron chi connectivity index (χ1n) is 9.06. The number of anilines is 1. The van der Waals surface area contributed by atoms with E-state index in [4.69, 9.17) is 4.42 Å². The Hall–Kier alpha value is -2.69. The van der Waals surface area contributed by atoms with E-state index < -0.39 is 19.9 Å². The van der Waals surface area contributed by atoms with E-state index in [0.29, 0.717) is 11.3 Å². The Balaban J connectivity index is 1.68. The molecule has 3 heterocycles. The van der Waals surface area contributed by atoms with Gasteiger partial charge in [0.2, 0.25) is 0 Å². The van der Waals surface area contributed by atoms with Crippen molar-refractivity contribution in [2.45, 2.75) is 16.7 Å². The van der Waals surface area contributed by atoms with Gasteiger partial charge in [-0.25, -0.2) is 21.8 Å². The third-order valence-corrected chi connectivity index (χ3v) is 9.46. The number of fused-ring (bicyclic) bond motifs is 2. The van der Waals surface area contributed by atoms with Crippen molar-refractivity contribution in [3.05, 3.63) is 59.8 Å². The zero-order valence-corrected chi connectivity index (χ0v) is 18.2. The van der Waals surface area contributed by atoms with Gasteiger partial charge >= 0.3 is 0 Å². The van der Waals surface area contributed by atoms with Crippen molar-refractivity contribution in [2.75, 3.05) is 16.6 Å². The van der Waals surface area contributed by atoms with Gasteiger partial charge in [0.25, 0.3) is 10.0 Å². The predicted molar refractivity (Wildman–Crippen MR) is 115 cm³/mol. The van der Waals surface area contributed by atoms with Crippen molar-refractivity contribution in [3.8, 4) is 11.3 Å². The van der Waals surface area contributed by atoms with E-state index in [1.807, 2.05) is 6.92 Å². The Morgan fingerprint density at radius 3 is 2.73 bits per heavy atom. The highest BCUT2D eigenvalue weighted by Crippen LogP contribution is 2.38. The second-order valence-corrected chi connectivity index (χ2v) is 12.1. The molecule has 5 rings (SSSR count). The summed E-state index contributed by atoms with van der Waals surface area (Å²) in [4.78, 5) is 4.47. The molecule has 0 N–H and O–H groups in total. The van der Waals surface area contributed by atoms with Crippen LogP contribution in [0.15, 0.2) is 69.0 Å². The van der Waals surface area contributed by atoms with E-state index in [0.717, 1.165) is 15.2 Å². The number of benzene rings is 2. The van der Waals surface area contributed by atoms with Gasteiger partial charge in [0, 0.05) is 12.1 Å². The quantitative estimate of drug-likeness (QED) is 0.461. The summed E-state index contributed by atoms with van der Waals surface area (Å²) in [5.74, 6) is 0.251. The van der Waals surface area contributed by atoms with Crippen LogP contribution in [-0.4, -0.2) is 34.1 Å². The topological polar surface area (TPSA) is 97.5 Å². The lowest BCUT2D eigenvalue weighted by molar-refractivity contribution is 0.579. The van der Waals surface area contributed by atoms with Gasteiger partial charge in [-0.05, 0) is 55.5 Å². The lowest BCUT2D eigenvalue weighted by Gasteiger charge is -2.30. The lowest BCUT2D eigenvalue weighted by Crippen LogP contribution is -2.39. The highest BCUT2D eigenvalue weighted by atomic mass is 32.2. The van der Waals surface area contributed by atoms with Gasteiger partial charge in [-0.1, -0.05) is 0 Å². The second-order valence-electron chi connectivity index (χ2n) is 6.92. The first-order chi connectivity index (χ1) is 14.3. The highest BCUT2D eigenvalue weighted by Gasteiger charge is 2.36. The number of sulfone groups is 1. The number of aryl methyl sites for hydroxylation is 1. The van der Waals surface area contributed by atoms with Crippen molar-refractivity contribution in [1.29, 1.82) is 0 Å². The lowest BCUT2D eigenvalue weighted by atomic mass is 10.1. The van der Waals surface area contributed by atoms with Crippen LogP contribution in [0.3, 0.4) is 0 Å². The van der Waals surface area contributed by atoms with Gasteiger partial charge in [-0.2, -0.15) is 0 Å². The van der Waals surface area contributed by atoms with E-state index >= 15 is 0 Å². The van der Waals surface area contributed by atoms with Gasteiger partial charge in [0.15, 0.2) is 9.84 Å². The van der Waals surface area contributed by atoms with Crippen LogP contribution in [0.1, 0.15) is 5.01 Å². The Bertz CT molecular complexity index is 1490. The molecular formula is C20H16N2O5S3. The summed E-state index contributed by atoms with van der Waals surface area (Å²) in [6.45, 7) is 1.71. The molecule has 0 aliphatic carbocycles. The molecule has 4 aromatic rings. The molecule has 154 valence electrons. The maximum absolute atomic E-state index is 13.5. The molecule has 0 bridgehead atoms. The zero-order chi connectivity index (χ0) is 21.1. The van der Waals surface area contributed by atoms with Crippen molar-refractivity contribution >= 4 is 47.1 Å². The molecule has 7 nitrogen and oxygen atoms in total. The number of nitrogens with zero attached hydrogens (tertiary/aromatic N) is 2. The summed E-state index contributed by atoms with van der Waals surface area (Å²) in [6.07, 6.45) is 1.51. The zero-order valence-electron chi connectivity index (χ0n) is 15.8. The van der Waals surface area contributed by atoms with Crippen molar-refractivity contribution in [2.24, 2.45) is 0 Å². The van der Waals surface area contributed by atoms with Crippen LogP contribution in [0.2, 0.25) is 0 Å². The molecular weight excluding hydrogens is 444 g/mol. The number of aromatic nitrogens is 1. The third-order valence-electron chi connectivity index (χ3n) is 4.99. The minimum absolute atomic E-state index is 0.00217. The first-order valence-corrected chi connectivity index (χ1v) is 13.0. The van der Waals surface area contributed by atoms with Gasteiger partial charge in [-0.3, -0.25) is 4.31 Å². The predicted octanol–water partition coefficient (Wildman–Crippen LogP) is 3.85. The second kappa shape index (κ2) is 6.66. The Morgan fingerprint density at radius 2 is 1.97 bits per heavy atom. The Kier molecular flexibility index (Phi) is 4.28. The van der Waals surface area contributed by atoms with E-state index in [-0.39, 0.29) is 27.8 Å². The highest BCUT2D eigenvalue weighted by molar-refractivity contribution is 7.94. The van der Waals surface area contributed by atoms with Crippen LogP contribution in [0, 0.1) is 6.92 Å². The fourth-order valence-corrected chi connectivity index (χ4v) is 7.59. The van der Waals surface area contributed by atoms with Crippen LogP contribution in [0.4, 0.5) is 5.69 Å². The molecule has 0 atom stereocenters. The van der Waals surface area contributed by atoms with Gasteiger partial charge < -0.3 is 4.42 Å². The first kappa shape index (κ1) is 19.3. The Morgan fingerprint density at radius 1 is 1.13 bits per heavy atom. The molecule has 1 aliphatic rings. The molecule has 0 amide bonds. The van der Waals surface area contributed by atoms with Crippen LogP contribution < -0.4 is 4.31 Å². The fraction of sp³-hybridized carbons (Fsp3) is 0.150. The molecule has 2 aromatic heterocycles. The summed E-state index contributed by atoms with van der Waals surface area (Å²) in [5, 5.41) is 0.844.